The lowest BCUT2D eigenvalue weighted by molar-refractivity contribution is -0.176. The predicted octanol–water partition coefficient (Wildman–Crippen LogP) is 2.82. The number of ether oxygens (including phenoxy) is 1. The van der Waals surface area contributed by atoms with Crippen LogP contribution in [0.1, 0.15) is 52.9 Å². The van der Waals surface area contributed by atoms with Crippen molar-refractivity contribution in [1.29, 1.82) is 0 Å². The molecule has 22 heavy (non-hydrogen) atoms. The summed E-state index contributed by atoms with van der Waals surface area (Å²) in [4.78, 5) is 31.4. The summed E-state index contributed by atoms with van der Waals surface area (Å²) in [6.07, 6.45) is 4.79. The number of amides is 2. The fourth-order valence-electron chi connectivity index (χ4n) is 2.86. The van der Waals surface area contributed by atoms with E-state index >= 15 is 0 Å². The van der Waals surface area contributed by atoms with Crippen molar-refractivity contribution < 1.29 is 19.2 Å². The number of likely N-dealkylation sites (N-methyl/N-ethyl adjacent to an activating group) is 2. The van der Waals surface area contributed by atoms with Gasteiger partial charge in [-0.25, -0.2) is 9.86 Å². The Morgan fingerprint density at radius 3 is 2.09 bits per heavy atom. The summed E-state index contributed by atoms with van der Waals surface area (Å²) >= 11 is 0. The lowest BCUT2D eigenvalue weighted by Gasteiger charge is -2.37. The van der Waals surface area contributed by atoms with Crippen molar-refractivity contribution in [1.82, 2.24) is 9.96 Å². The van der Waals surface area contributed by atoms with Crippen LogP contribution >= 0.6 is 0 Å². The van der Waals surface area contributed by atoms with Crippen LogP contribution in [0.15, 0.2) is 0 Å². The number of nitrogens with zero attached hydrogens (tertiary/aromatic N) is 2. The van der Waals surface area contributed by atoms with Gasteiger partial charge in [0, 0.05) is 14.1 Å². The molecule has 0 heterocycles. The molecule has 6 heteroatoms. The Labute approximate surface area is 133 Å². The van der Waals surface area contributed by atoms with E-state index in [-0.39, 0.29) is 11.8 Å². The maximum atomic E-state index is 12.6. The average Bonchev–Trinajstić information content (AvgIpc) is 2.45. The zero-order valence-electron chi connectivity index (χ0n) is 14.7. The van der Waals surface area contributed by atoms with Crippen molar-refractivity contribution in [2.24, 2.45) is 5.92 Å². The number of carbonyl (C=O) groups is 2. The van der Waals surface area contributed by atoms with Crippen molar-refractivity contribution in [2.75, 3.05) is 21.2 Å². The first-order valence-electron chi connectivity index (χ1n) is 7.95. The van der Waals surface area contributed by atoms with Gasteiger partial charge in [-0.1, -0.05) is 19.3 Å². The highest BCUT2D eigenvalue weighted by molar-refractivity contribution is 5.85. The molecule has 0 saturated heterocycles. The Kier molecular flexibility index (Phi) is 6.66. The Bertz CT molecular complexity index is 386. The highest BCUT2D eigenvalue weighted by atomic mass is 16.7. The van der Waals surface area contributed by atoms with E-state index in [0.717, 1.165) is 25.7 Å². The van der Waals surface area contributed by atoms with Gasteiger partial charge >= 0.3 is 6.09 Å². The van der Waals surface area contributed by atoms with Gasteiger partial charge in [-0.3, -0.25) is 14.5 Å². The number of hydrogen-bond acceptors (Lipinski definition) is 4. The fourth-order valence-corrected chi connectivity index (χ4v) is 2.86. The van der Waals surface area contributed by atoms with Gasteiger partial charge < -0.3 is 4.74 Å². The molecule has 1 saturated carbocycles. The lowest BCUT2D eigenvalue weighted by Crippen LogP contribution is -2.53. The summed E-state index contributed by atoms with van der Waals surface area (Å²) in [7, 11) is 4.65. The van der Waals surface area contributed by atoms with Crippen LogP contribution in [0.25, 0.3) is 0 Å². The maximum absolute atomic E-state index is 12.6. The molecule has 0 unspecified atom stereocenters. The van der Waals surface area contributed by atoms with Crippen LogP contribution in [0, 0.1) is 5.92 Å². The third-order valence-electron chi connectivity index (χ3n) is 4.03. The number of hydroxylamine groups is 2. The predicted molar refractivity (Wildman–Crippen MR) is 84.1 cm³/mol. The van der Waals surface area contributed by atoms with Crippen LogP contribution in [0.5, 0.6) is 0 Å². The maximum Gasteiger partial charge on any atom is 0.410 e. The molecule has 1 atom stereocenters. The molecule has 1 fully saturated rings. The smallest absolute Gasteiger partial charge is 0.410 e. The van der Waals surface area contributed by atoms with E-state index in [1.165, 1.54) is 23.5 Å². The summed E-state index contributed by atoms with van der Waals surface area (Å²) < 4.78 is 5.41. The van der Waals surface area contributed by atoms with E-state index in [0.29, 0.717) is 0 Å². The molecule has 0 bridgehead atoms. The zero-order valence-corrected chi connectivity index (χ0v) is 14.7. The highest BCUT2D eigenvalue weighted by Gasteiger charge is 2.38. The summed E-state index contributed by atoms with van der Waals surface area (Å²) in [5.74, 6) is -0.0564. The first-order valence-corrected chi connectivity index (χ1v) is 7.95. The second-order valence-corrected chi connectivity index (χ2v) is 6.95. The standard InChI is InChI=1S/C16H30N2O4/c1-16(2,3)22-15(20)17(4)13(14(19)18(5)21-6)12-10-8-7-9-11-12/h12-13H,7-11H2,1-6H3/t13-/m0/s1. The molecule has 1 aliphatic rings. The van der Waals surface area contributed by atoms with E-state index in [2.05, 4.69) is 0 Å². The zero-order chi connectivity index (χ0) is 16.9. The van der Waals surface area contributed by atoms with Crippen LogP contribution in [-0.2, 0) is 14.4 Å². The molecule has 0 aromatic heterocycles. The Morgan fingerprint density at radius 1 is 1.09 bits per heavy atom. The monoisotopic (exact) mass is 314 g/mol. The van der Waals surface area contributed by atoms with Crippen LogP contribution in [0.4, 0.5) is 4.79 Å². The molecule has 0 spiro atoms. The molecule has 128 valence electrons. The van der Waals surface area contributed by atoms with E-state index < -0.39 is 17.7 Å². The molecule has 0 N–H and O–H groups in total. The first kappa shape index (κ1) is 18.7. The van der Waals surface area contributed by atoms with E-state index in [9.17, 15) is 9.59 Å². The molecule has 0 radical (unpaired) electrons. The Balaban J connectivity index is 2.92. The lowest BCUT2D eigenvalue weighted by atomic mass is 9.83. The van der Waals surface area contributed by atoms with Gasteiger partial charge in [-0.05, 0) is 39.5 Å². The van der Waals surface area contributed by atoms with Gasteiger partial charge in [0.1, 0.15) is 11.6 Å². The largest absolute Gasteiger partial charge is 0.444 e. The van der Waals surface area contributed by atoms with Gasteiger partial charge in [-0.15, -0.1) is 0 Å². The Morgan fingerprint density at radius 2 is 1.64 bits per heavy atom. The van der Waals surface area contributed by atoms with Crippen molar-refractivity contribution in [3.63, 3.8) is 0 Å². The van der Waals surface area contributed by atoms with E-state index in [4.69, 9.17) is 9.57 Å². The molecule has 6 nitrogen and oxygen atoms in total. The van der Waals surface area contributed by atoms with Crippen molar-refractivity contribution in [2.45, 2.75) is 64.5 Å². The molecule has 0 aliphatic heterocycles. The van der Waals surface area contributed by atoms with Gasteiger partial charge in [-0.2, -0.15) is 0 Å². The van der Waals surface area contributed by atoms with Gasteiger partial charge in [0.15, 0.2) is 0 Å². The quantitative estimate of drug-likeness (QED) is 0.749. The minimum atomic E-state index is -0.585. The minimum Gasteiger partial charge on any atom is -0.444 e. The summed E-state index contributed by atoms with van der Waals surface area (Å²) in [6, 6.07) is -0.542. The Hall–Kier alpha value is -1.30. The van der Waals surface area contributed by atoms with Gasteiger partial charge in [0.05, 0.1) is 7.11 Å². The van der Waals surface area contributed by atoms with Crippen molar-refractivity contribution >= 4 is 12.0 Å². The molecular formula is C16H30N2O4. The second kappa shape index (κ2) is 7.81. The topological polar surface area (TPSA) is 59.1 Å². The van der Waals surface area contributed by atoms with Crippen LogP contribution < -0.4 is 0 Å². The summed E-state index contributed by atoms with van der Waals surface area (Å²) in [5.41, 5.74) is -0.585. The van der Waals surface area contributed by atoms with Crippen LogP contribution in [-0.4, -0.2) is 54.8 Å². The average molecular weight is 314 g/mol. The summed E-state index contributed by atoms with van der Waals surface area (Å²) in [5, 5.41) is 1.19. The number of carbonyl (C=O) groups excluding carboxylic acids is 2. The third kappa shape index (κ3) is 5.16. The van der Waals surface area contributed by atoms with Crippen LogP contribution in [0.2, 0.25) is 0 Å². The molecule has 0 aromatic carbocycles. The third-order valence-corrected chi connectivity index (χ3v) is 4.03. The second-order valence-electron chi connectivity index (χ2n) is 6.95. The number of rotatable bonds is 4. The van der Waals surface area contributed by atoms with Crippen LogP contribution in [0.3, 0.4) is 0 Å². The highest BCUT2D eigenvalue weighted by Crippen LogP contribution is 2.30. The number of hydrogen-bond donors (Lipinski definition) is 0. The molecule has 1 rings (SSSR count). The van der Waals surface area contributed by atoms with E-state index in [1.54, 1.807) is 14.1 Å². The summed E-state index contributed by atoms with van der Waals surface area (Å²) in [6.45, 7) is 5.45. The molecule has 1 aliphatic carbocycles. The minimum absolute atomic E-state index is 0.149. The normalized spacial score (nSPS) is 17.7. The van der Waals surface area contributed by atoms with Crippen molar-refractivity contribution in [3.8, 4) is 0 Å². The fraction of sp³-hybridized carbons (Fsp3) is 0.875. The molecule has 2 amide bonds. The molecular weight excluding hydrogens is 284 g/mol. The van der Waals surface area contributed by atoms with Gasteiger partial charge in [0.2, 0.25) is 0 Å². The van der Waals surface area contributed by atoms with Crippen molar-refractivity contribution in [3.05, 3.63) is 0 Å². The van der Waals surface area contributed by atoms with Gasteiger partial charge in [0.25, 0.3) is 5.91 Å². The molecule has 0 aromatic rings. The first-order chi connectivity index (χ1) is 10.2. The SMILES string of the molecule is CON(C)C(=O)[C@H](C1CCCCC1)N(C)C(=O)OC(C)(C)C. The van der Waals surface area contributed by atoms with E-state index in [1.807, 2.05) is 20.8 Å².